The summed E-state index contributed by atoms with van der Waals surface area (Å²) in [5.74, 6) is 0.0512. The Morgan fingerprint density at radius 1 is 1.69 bits per heavy atom. The van der Waals surface area contributed by atoms with E-state index in [1.54, 1.807) is 0 Å². The quantitative estimate of drug-likeness (QED) is 0.613. The highest BCUT2D eigenvalue weighted by Gasteiger charge is 2.20. The number of hydrogen-bond acceptors (Lipinski definition) is 3. The van der Waals surface area contributed by atoms with Crippen LogP contribution >= 0.6 is 0 Å². The molecule has 1 saturated heterocycles. The lowest BCUT2D eigenvalue weighted by atomic mass is 10.1. The maximum Gasteiger partial charge on any atom is 0.221 e. The molecular weight excluding hydrogens is 206 g/mol. The molecule has 2 atom stereocenters. The maximum atomic E-state index is 11.6. The van der Waals surface area contributed by atoms with E-state index in [2.05, 4.69) is 17.6 Å². The largest absolute Gasteiger partial charge is 0.354 e. The Hall–Kier alpha value is -1.10. The van der Waals surface area contributed by atoms with Crippen molar-refractivity contribution in [3.8, 4) is 0 Å². The Bertz CT molecular complexity index is 246. The second-order valence-corrected chi connectivity index (χ2v) is 4.36. The highest BCUT2D eigenvalue weighted by Crippen LogP contribution is 2.04. The average Bonchev–Trinajstić information content (AvgIpc) is 2.21. The van der Waals surface area contributed by atoms with Crippen LogP contribution in [0, 0.1) is 0 Å². The zero-order valence-corrected chi connectivity index (χ0v) is 9.79. The molecule has 1 heterocycles. The summed E-state index contributed by atoms with van der Waals surface area (Å²) in [5, 5.41) is 5.63. The summed E-state index contributed by atoms with van der Waals surface area (Å²) in [6.45, 7) is 2.59. The van der Waals surface area contributed by atoms with Gasteiger partial charge in [-0.15, -0.1) is 0 Å². The molecule has 0 aromatic carbocycles. The molecule has 5 nitrogen and oxygen atoms in total. The number of piperidine rings is 1. The van der Waals surface area contributed by atoms with E-state index in [1.807, 2.05) is 0 Å². The van der Waals surface area contributed by atoms with Gasteiger partial charge in [0, 0.05) is 31.5 Å². The van der Waals surface area contributed by atoms with Crippen LogP contribution in [0.4, 0.5) is 0 Å². The summed E-state index contributed by atoms with van der Waals surface area (Å²) in [7, 11) is 0. The van der Waals surface area contributed by atoms with Crippen molar-refractivity contribution in [3.05, 3.63) is 0 Å². The molecule has 0 bridgehead atoms. The van der Waals surface area contributed by atoms with Crippen molar-refractivity contribution in [2.24, 2.45) is 5.73 Å². The van der Waals surface area contributed by atoms with E-state index in [0.29, 0.717) is 19.4 Å². The molecule has 1 aliphatic heterocycles. The molecule has 0 saturated carbocycles. The molecule has 16 heavy (non-hydrogen) atoms. The Labute approximate surface area is 96.1 Å². The summed E-state index contributed by atoms with van der Waals surface area (Å²) >= 11 is 0. The third-order valence-corrected chi connectivity index (χ3v) is 2.74. The number of carbonyl (C=O) groups is 2. The van der Waals surface area contributed by atoms with Gasteiger partial charge in [-0.1, -0.05) is 13.3 Å². The fourth-order valence-electron chi connectivity index (χ4n) is 1.85. The first-order valence-electron chi connectivity index (χ1n) is 5.93. The van der Waals surface area contributed by atoms with Crippen LogP contribution in [0.2, 0.25) is 0 Å². The number of amides is 2. The van der Waals surface area contributed by atoms with Crippen molar-refractivity contribution < 1.29 is 9.59 Å². The summed E-state index contributed by atoms with van der Waals surface area (Å²) in [5.41, 5.74) is 5.78. The van der Waals surface area contributed by atoms with Crippen LogP contribution in [-0.2, 0) is 9.59 Å². The Balaban J connectivity index is 2.21. The van der Waals surface area contributed by atoms with E-state index in [-0.39, 0.29) is 23.9 Å². The van der Waals surface area contributed by atoms with Gasteiger partial charge in [0.2, 0.25) is 11.8 Å². The monoisotopic (exact) mass is 227 g/mol. The fraction of sp³-hybridized carbons (Fsp3) is 0.818. The molecule has 1 fully saturated rings. The predicted octanol–water partition coefficient (Wildman–Crippen LogP) is -0.101. The molecule has 92 valence electrons. The first-order valence-corrected chi connectivity index (χ1v) is 5.93. The third-order valence-electron chi connectivity index (χ3n) is 2.74. The summed E-state index contributed by atoms with van der Waals surface area (Å²) in [6.07, 6.45) is 3.45. The van der Waals surface area contributed by atoms with E-state index in [1.165, 1.54) is 0 Å². The van der Waals surface area contributed by atoms with Crippen molar-refractivity contribution in [1.29, 1.82) is 0 Å². The van der Waals surface area contributed by atoms with E-state index < -0.39 is 0 Å². The lowest BCUT2D eigenvalue weighted by Crippen LogP contribution is -2.48. The summed E-state index contributed by atoms with van der Waals surface area (Å²) in [4.78, 5) is 22.5. The zero-order valence-electron chi connectivity index (χ0n) is 9.79. The second-order valence-electron chi connectivity index (χ2n) is 4.36. The SMILES string of the molecule is CCCC(N)CC(=O)NC1CCC(=O)NC1. The molecule has 0 radical (unpaired) electrons. The van der Waals surface area contributed by atoms with Crippen LogP contribution in [-0.4, -0.2) is 30.4 Å². The minimum absolute atomic E-state index is 0.0119. The van der Waals surface area contributed by atoms with Gasteiger partial charge in [-0.2, -0.15) is 0 Å². The number of rotatable bonds is 5. The zero-order chi connectivity index (χ0) is 12.0. The minimum atomic E-state index is -0.0526. The molecular formula is C11H21N3O2. The highest BCUT2D eigenvalue weighted by atomic mass is 16.2. The maximum absolute atomic E-state index is 11.6. The number of nitrogens with one attached hydrogen (secondary N) is 2. The first kappa shape index (κ1) is 13.0. The topological polar surface area (TPSA) is 84.2 Å². The lowest BCUT2D eigenvalue weighted by Gasteiger charge is -2.24. The molecule has 1 rings (SSSR count). The van der Waals surface area contributed by atoms with Crippen molar-refractivity contribution in [1.82, 2.24) is 10.6 Å². The molecule has 0 aliphatic carbocycles. The van der Waals surface area contributed by atoms with Crippen LogP contribution in [0.5, 0.6) is 0 Å². The second kappa shape index (κ2) is 6.48. The van der Waals surface area contributed by atoms with Crippen molar-refractivity contribution in [2.45, 2.75) is 51.1 Å². The molecule has 0 aromatic heterocycles. The van der Waals surface area contributed by atoms with Gasteiger partial charge in [-0.05, 0) is 12.8 Å². The van der Waals surface area contributed by atoms with E-state index >= 15 is 0 Å². The van der Waals surface area contributed by atoms with Gasteiger partial charge < -0.3 is 16.4 Å². The number of nitrogens with two attached hydrogens (primary N) is 1. The van der Waals surface area contributed by atoms with Gasteiger partial charge >= 0.3 is 0 Å². The lowest BCUT2D eigenvalue weighted by molar-refractivity contribution is -0.125. The highest BCUT2D eigenvalue weighted by molar-refractivity contribution is 5.79. The average molecular weight is 227 g/mol. The summed E-state index contributed by atoms with van der Waals surface area (Å²) in [6, 6.07) is 0.0159. The fourth-order valence-corrected chi connectivity index (χ4v) is 1.85. The van der Waals surface area contributed by atoms with Gasteiger partial charge in [0.25, 0.3) is 0 Å². The van der Waals surface area contributed by atoms with Gasteiger partial charge in [0.15, 0.2) is 0 Å². The van der Waals surface area contributed by atoms with Crippen LogP contribution in [0.15, 0.2) is 0 Å². The molecule has 4 N–H and O–H groups in total. The normalized spacial score (nSPS) is 22.4. The van der Waals surface area contributed by atoms with Crippen molar-refractivity contribution >= 4 is 11.8 Å². The van der Waals surface area contributed by atoms with Crippen molar-refractivity contribution in [3.63, 3.8) is 0 Å². The molecule has 1 aliphatic rings. The minimum Gasteiger partial charge on any atom is -0.354 e. The Morgan fingerprint density at radius 2 is 2.44 bits per heavy atom. The molecule has 2 unspecified atom stereocenters. The Kier molecular flexibility index (Phi) is 5.25. The van der Waals surface area contributed by atoms with Crippen LogP contribution < -0.4 is 16.4 Å². The van der Waals surface area contributed by atoms with Gasteiger partial charge in [-0.3, -0.25) is 9.59 Å². The number of carbonyl (C=O) groups excluding carboxylic acids is 2. The van der Waals surface area contributed by atoms with E-state index in [9.17, 15) is 9.59 Å². The van der Waals surface area contributed by atoms with Gasteiger partial charge in [-0.25, -0.2) is 0 Å². The van der Waals surface area contributed by atoms with Crippen LogP contribution in [0.3, 0.4) is 0 Å². The van der Waals surface area contributed by atoms with Crippen LogP contribution in [0.25, 0.3) is 0 Å². The molecule has 2 amide bonds. The first-order chi connectivity index (χ1) is 7.61. The van der Waals surface area contributed by atoms with Crippen molar-refractivity contribution in [2.75, 3.05) is 6.54 Å². The standard InChI is InChI=1S/C11H21N3O2/c1-2-3-8(12)6-11(16)14-9-4-5-10(15)13-7-9/h8-9H,2-7,12H2,1H3,(H,13,15)(H,14,16). The molecule has 0 spiro atoms. The number of hydrogen-bond donors (Lipinski definition) is 3. The van der Waals surface area contributed by atoms with Gasteiger partial charge in [0.1, 0.15) is 0 Å². The smallest absolute Gasteiger partial charge is 0.221 e. The Morgan fingerprint density at radius 3 is 3.00 bits per heavy atom. The molecule has 5 heteroatoms. The van der Waals surface area contributed by atoms with Gasteiger partial charge in [0.05, 0.1) is 0 Å². The van der Waals surface area contributed by atoms with Crippen LogP contribution in [0.1, 0.15) is 39.0 Å². The predicted molar refractivity (Wildman–Crippen MR) is 61.7 cm³/mol. The summed E-state index contributed by atoms with van der Waals surface area (Å²) < 4.78 is 0. The van der Waals surface area contributed by atoms with E-state index in [0.717, 1.165) is 19.3 Å². The van der Waals surface area contributed by atoms with E-state index in [4.69, 9.17) is 5.73 Å². The molecule has 0 aromatic rings. The third kappa shape index (κ3) is 4.61.